The highest BCUT2D eigenvalue weighted by atomic mass is 19.1. The molecule has 8 heteroatoms. The molecular weight excluding hydrogens is 361 g/mol. The highest BCUT2D eigenvalue weighted by molar-refractivity contribution is 5.61. The van der Waals surface area contributed by atoms with Crippen molar-refractivity contribution in [1.82, 2.24) is 19.9 Å². The highest BCUT2D eigenvalue weighted by Crippen LogP contribution is 2.43. The molecule has 1 aliphatic rings. The van der Waals surface area contributed by atoms with Crippen molar-refractivity contribution in [2.24, 2.45) is 0 Å². The largest absolute Gasteiger partial charge is 0.494 e. The van der Waals surface area contributed by atoms with Gasteiger partial charge in [0.15, 0.2) is 34.8 Å². The van der Waals surface area contributed by atoms with Gasteiger partial charge in [0.2, 0.25) is 0 Å². The molecule has 0 radical (unpaired) electrons. The molecule has 0 saturated heterocycles. The fourth-order valence-corrected chi connectivity index (χ4v) is 3.57. The second-order valence-electron chi connectivity index (χ2n) is 6.40. The Hall–Kier alpha value is -3.29. The van der Waals surface area contributed by atoms with E-state index < -0.39 is 0 Å². The van der Waals surface area contributed by atoms with Gasteiger partial charge in [-0.15, -0.1) is 0 Å². The number of anilines is 1. The summed E-state index contributed by atoms with van der Waals surface area (Å²) in [6.45, 7) is 2.62. The molecule has 1 unspecified atom stereocenters. The Morgan fingerprint density at radius 1 is 1.07 bits per heavy atom. The van der Waals surface area contributed by atoms with Crippen LogP contribution in [0.4, 0.5) is 10.2 Å². The minimum Gasteiger partial charge on any atom is -0.494 e. The number of aromatic nitrogens is 4. The molecule has 0 fully saturated rings. The van der Waals surface area contributed by atoms with Crippen molar-refractivity contribution in [3.63, 3.8) is 0 Å². The first kappa shape index (κ1) is 18.1. The van der Waals surface area contributed by atoms with Gasteiger partial charge in [0, 0.05) is 18.9 Å². The molecule has 0 bridgehead atoms. The fourth-order valence-electron chi connectivity index (χ4n) is 3.57. The van der Waals surface area contributed by atoms with Gasteiger partial charge < -0.3 is 14.4 Å². The third kappa shape index (κ3) is 3.00. The minimum atomic E-state index is -0.366. The molecular formula is C20H20FN5O2. The van der Waals surface area contributed by atoms with Gasteiger partial charge in [0.25, 0.3) is 0 Å². The first-order valence-corrected chi connectivity index (χ1v) is 8.97. The van der Waals surface area contributed by atoms with Crippen LogP contribution in [0.3, 0.4) is 0 Å². The Morgan fingerprint density at radius 3 is 2.50 bits per heavy atom. The number of nitrogens with zero attached hydrogens (tertiary/aromatic N) is 5. The van der Waals surface area contributed by atoms with Gasteiger partial charge in [-0.05, 0) is 35.7 Å². The zero-order chi connectivity index (χ0) is 19.7. The Labute approximate surface area is 162 Å². The molecule has 7 nitrogen and oxygen atoms in total. The van der Waals surface area contributed by atoms with Gasteiger partial charge in [-0.2, -0.15) is 0 Å². The number of methoxy groups -OCH3 is 2. The molecule has 0 aliphatic carbocycles. The zero-order valence-corrected chi connectivity index (χ0v) is 15.9. The molecule has 1 aliphatic heterocycles. The smallest absolute Gasteiger partial charge is 0.199 e. The average Bonchev–Trinajstić information content (AvgIpc) is 3.10. The summed E-state index contributed by atoms with van der Waals surface area (Å²) in [7, 11) is 3.04. The van der Waals surface area contributed by atoms with E-state index >= 15 is 0 Å². The van der Waals surface area contributed by atoms with E-state index in [1.54, 1.807) is 43.9 Å². The standard InChI is InChI=1S/C20H20FN5O2/c1-4-15-13-9-14(21)16(27-2)8-12(13)11-26(15)20-17(28-3)10-24-19(25-20)18-22-6-5-7-23-18/h5-10,15H,4,11H2,1-3H3. The molecule has 1 atom stereocenters. The van der Waals surface area contributed by atoms with Crippen LogP contribution in [0.5, 0.6) is 11.5 Å². The summed E-state index contributed by atoms with van der Waals surface area (Å²) < 4.78 is 24.9. The normalized spacial score (nSPS) is 15.4. The number of rotatable bonds is 5. The summed E-state index contributed by atoms with van der Waals surface area (Å²) in [5.41, 5.74) is 1.93. The zero-order valence-electron chi connectivity index (χ0n) is 15.9. The van der Waals surface area contributed by atoms with Crippen molar-refractivity contribution < 1.29 is 13.9 Å². The molecule has 0 spiro atoms. The third-order valence-corrected chi connectivity index (χ3v) is 4.87. The maximum absolute atomic E-state index is 14.3. The molecule has 2 aromatic heterocycles. The number of benzene rings is 1. The first-order chi connectivity index (χ1) is 13.7. The van der Waals surface area contributed by atoms with Gasteiger partial charge in [-0.1, -0.05) is 6.92 Å². The maximum Gasteiger partial charge on any atom is 0.199 e. The van der Waals surface area contributed by atoms with Crippen LogP contribution >= 0.6 is 0 Å². The first-order valence-electron chi connectivity index (χ1n) is 8.97. The lowest BCUT2D eigenvalue weighted by Crippen LogP contribution is -2.23. The van der Waals surface area contributed by atoms with E-state index in [1.165, 1.54) is 7.11 Å². The number of ether oxygens (including phenoxy) is 2. The quantitative estimate of drug-likeness (QED) is 0.669. The van der Waals surface area contributed by atoms with Crippen molar-refractivity contribution in [1.29, 1.82) is 0 Å². The fraction of sp³-hybridized carbons (Fsp3) is 0.300. The lowest BCUT2D eigenvalue weighted by atomic mass is 10.0. The van der Waals surface area contributed by atoms with Gasteiger partial charge >= 0.3 is 0 Å². The number of hydrogen-bond acceptors (Lipinski definition) is 7. The summed E-state index contributed by atoms with van der Waals surface area (Å²) in [5, 5.41) is 0. The Morgan fingerprint density at radius 2 is 1.82 bits per heavy atom. The number of fused-ring (bicyclic) bond motifs is 1. The van der Waals surface area contributed by atoms with Crippen LogP contribution in [-0.2, 0) is 6.54 Å². The monoisotopic (exact) mass is 381 g/mol. The van der Waals surface area contributed by atoms with E-state index in [0.717, 1.165) is 17.5 Å². The maximum atomic E-state index is 14.3. The van der Waals surface area contributed by atoms with Crippen LogP contribution in [-0.4, -0.2) is 34.2 Å². The molecule has 0 amide bonds. The van der Waals surface area contributed by atoms with Gasteiger partial charge in [-0.3, -0.25) is 0 Å². The van der Waals surface area contributed by atoms with Crippen LogP contribution in [0.25, 0.3) is 11.6 Å². The van der Waals surface area contributed by atoms with Crippen LogP contribution in [0, 0.1) is 5.82 Å². The third-order valence-electron chi connectivity index (χ3n) is 4.87. The molecule has 0 saturated carbocycles. The van der Waals surface area contributed by atoms with E-state index in [4.69, 9.17) is 9.47 Å². The van der Waals surface area contributed by atoms with Gasteiger partial charge in [-0.25, -0.2) is 24.3 Å². The SMILES string of the molecule is CCC1c2cc(F)c(OC)cc2CN1c1nc(-c2ncccn2)ncc1OC. The summed E-state index contributed by atoms with van der Waals surface area (Å²) >= 11 is 0. The molecule has 4 rings (SSSR count). The Balaban J connectivity index is 1.79. The molecule has 144 valence electrons. The average molecular weight is 381 g/mol. The van der Waals surface area contributed by atoms with E-state index in [0.29, 0.717) is 29.8 Å². The second kappa shape index (κ2) is 7.38. The van der Waals surface area contributed by atoms with Crippen LogP contribution < -0.4 is 14.4 Å². The van der Waals surface area contributed by atoms with E-state index in [9.17, 15) is 4.39 Å². The van der Waals surface area contributed by atoms with Crippen molar-refractivity contribution >= 4 is 5.82 Å². The molecule has 0 N–H and O–H groups in total. The van der Waals surface area contributed by atoms with Crippen LogP contribution in [0.1, 0.15) is 30.5 Å². The highest BCUT2D eigenvalue weighted by Gasteiger charge is 2.33. The van der Waals surface area contributed by atoms with E-state index in [2.05, 4.69) is 31.8 Å². The summed E-state index contributed by atoms with van der Waals surface area (Å²) in [6, 6.07) is 5.00. The van der Waals surface area contributed by atoms with E-state index in [1.807, 2.05) is 0 Å². The van der Waals surface area contributed by atoms with Crippen molar-refractivity contribution in [3.8, 4) is 23.1 Å². The Kier molecular flexibility index (Phi) is 4.77. The number of halogens is 1. The molecule has 3 heterocycles. The summed E-state index contributed by atoms with van der Waals surface area (Å²) in [4.78, 5) is 19.5. The van der Waals surface area contributed by atoms with Crippen LogP contribution in [0.15, 0.2) is 36.8 Å². The van der Waals surface area contributed by atoms with Crippen molar-refractivity contribution in [2.75, 3.05) is 19.1 Å². The lowest BCUT2D eigenvalue weighted by molar-refractivity contribution is 0.385. The topological polar surface area (TPSA) is 73.3 Å². The van der Waals surface area contributed by atoms with Gasteiger partial charge in [0.05, 0.1) is 26.5 Å². The molecule has 28 heavy (non-hydrogen) atoms. The van der Waals surface area contributed by atoms with E-state index in [-0.39, 0.29) is 17.6 Å². The van der Waals surface area contributed by atoms with Crippen LogP contribution in [0.2, 0.25) is 0 Å². The Bertz CT molecular complexity index is 999. The molecule has 3 aromatic rings. The second-order valence-corrected chi connectivity index (χ2v) is 6.40. The van der Waals surface area contributed by atoms with Crippen molar-refractivity contribution in [3.05, 3.63) is 53.7 Å². The minimum absolute atomic E-state index is 0.0382. The predicted molar refractivity (Wildman–Crippen MR) is 102 cm³/mol. The predicted octanol–water partition coefficient (Wildman–Crippen LogP) is 3.56. The lowest BCUT2D eigenvalue weighted by Gasteiger charge is -2.26. The summed E-state index contributed by atoms with van der Waals surface area (Å²) in [5.74, 6) is 1.88. The summed E-state index contributed by atoms with van der Waals surface area (Å²) in [6.07, 6.45) is 5.68. The van der Waals surface area contributed by atoms with Crippen molar-refractivity contribution in [2.45, 2.75) is 25.9 Å². The molecule has 1 aromatic carbocycles. The number of hydrogen-bond donors (Lipinski definition) is 0. The van der Waals surface area contributed by atoms with Gasteiger partial charge in [0.1, 0.15) is 0 Å².